The fourth-order valence-corrected chi connectivity index (χ4v) is 2.18. The summed E-state index contributed by atoms with van der Waals surface area (Å²) in [7, 11) is 0. The number of nitrogens with one attached hydrogen (secondary N) is 2. The van der Waals surface area contributed by atoms with E-state index in [-0.39, 0.29) is 23.6 Å². The first-order valence-corrected chi connectivity index (χ1v) is 6.26. The number of alkyl halides is 2. The van der Waals surface area contributed by atoms with Gasteiger partial charge in [-0.05, 0) is 31.0 Å². The molecule has 110 valence electrons. The molecule has 0 aromatic heterocycles. The highest BCUT2D eigenvalue weighted by molar-refractivity contribution is 5.95. The summed E-state index contributed by atoms with van der Waals surface area (Å²) in [4.78, 5) is 12.0. The Balaban J connectivity index is 2.03. The average Bonchev–Trinajstić information content (AvgIpc) is 2.78. The third-order valence-corrected chi connectivity index (χ3v) is 3.23. The van der Waals surface area contributed by atoms with Gasteiger partial charge >= 0.3 is 6.61 Å². The van der Waals surface area contributed by atoms with E-state index in [2.05, 4.69) is 15.4 Å². The molecule has 1 amide bonds. The summed E-state index contributed by atoms with van der Waals surface area (Å²) in [6.07, 6.45) is 0.896. The lowest BCUT2D eigenvalue weighted by atomic mass is 10.0. The molecular formula is C13H15F3N2O2. The lowest BCUT2D eigenvalue weighted by molar-refractivity contribution is -0.118. The third kappa shape index (κ3) is 3.41. The number of halogens is 3. The third-order valence-electron chi connectivity index (χ3n) is 3.23. The minimum Gasteiger partial charge on any atom is -0.432 e. The van der Waals surface area contributed by atoms with Gasteiger partial charge in [0, 0.05) is 11.8 Å². The number of carbonyl (C=O) groups excluding carboxylic acids is 1. The summed E-state index contributed by atoms with van der Waals surface area (Å²) >= 11 is 0. The van der Waals surface area contributed by atoms with E-state index in [1.54, 1.807) is 0 Å². The second kappa shape index (κ2) is 6.13. The summed E-state index contributed by atoms with van der Waals surface area (Å²) in [6, 6.07) is 3.01. The molecule has 4 nitrogen and oxygen atoms in total. The van der Waals surface area contributed by atoms with Gasteiger partial charge in [-0.25, -0.2) is 4.39 Å². The van der Waals surface area contributed by atoms with Crippen LogP contribution in [0.5, 0.6) is 5.75 Å². The lowest BCUT2D eigenvalue weighted by Gasteiger charge is -2.15. The van der Waals surface area contributed by atoms with Crippen LogP contribution in [0, 0.1) is 11.7 Å². The lowest BCUT2D eigenvalue weighted by Crippen LogP contribution is -2.39. The van der Waals surface area contributed by atoms with Gasteiger partial charge in [0.25, 0.3) is 0 Å². The number of amides is 1. The predicted octanol–water partition coefficient (Wildman–Crippen LogP) is 2.36. The summed E-state index contributed by atoms with van der Waals surface area (Å²) in [5.41, 5.74) is 0.204. The van der Waals surface area contributed by atoms with Gasteiger partial charge in [-0.2, -0.15) is 8.78 Å². The Morgan fingerprint density at radius 1 is 1.50 bits per heavy atom. The molecule has 1 aromatic rings. The normalized spacial score (nSPS) is 22.1. The van der Waals surface area contributed by atoms with Gasteiger partial charge < -0.3 is 15.4 Å². The molecule has 1 heterocycles. The van der Waals surface area contributed by atoms with Crippen molar-refractivity contribution in [2.75, 3.05) is 11.9 Å². The monoisotopic (exact) mass is 288 g/mol. The molecule has 1 aliphatic heterocycles. The standard InChI is InChI=1S/C13H15F3N2O2/c1-7-4-5-17-11(7)12(19)18-8-2-3-10(9(14)6-8)20-13(15)16/h2-3,6-7,11,13,17H,4-5H2,1H3,(H,18,19). The van der Waals surface area contributed by atoms with E-state index in [9.17, 15) is 18.0 Å². The van der Waals surface area contributed by atoms with Crippen molar-refractivity contribution in [1.82, 2.24) is 5.32 Å². The molecule has 0 radical (unpaired) electrons. The molecule has 2 unspecified atom stereocenters. The first-order chi connectivity index (χ1) is 9.47. The zero-order valence-corrected chi connectivity index (χ0v) is 10.8. The number of carbonyl (C=O) groups is 1. The average molecular weight is 288 g/mol. The maximum Gasteiger partial charge on any atom is 0.387 e. The highest BCUT2D eigenvalue weighted by Gasteiger charge is 2.29. The SMILES string of the molecule is CC1CCNC1C(=O)Nc1ccc(OC(F)F)c(F)c1. The number of rotatable bonds is 4. The van der Waals surface area contributed by atoms with Crippen LogP contribution in [0.1, 0.15) is 13.3 Å². The molecule has 0 bridgehead atoms. The smallest absolute Gasteiger partial charge is 0.387 e. The molecule has 2 N–H and O–H groups in total. The van der Waals surface area contributed by atoms with Gasteiger partial charge in [0.05, 0.1) is 6.04 Å². The molecule has 1 fully saturated rings. The van der Waals surface area contributed by atoms with Crippen molar-refractivity contribution in [1.29, 1.82) is 0 Å². The molecule has 1 aliphatic rings. The van der Waals surface area contributed by atoms with Crippen molar-refractivity contribution in [2.45, 2.75) is 26.0 Å². The van der Waals surface area contributed by atoms with Crippen LogP contribution in [-0.4, -0.2) is 25.1 Å². The summed E-state index contributed by atoms with van der Waals surface area (Å²) in [5, 5.41) is 5.60. The Morgan fingerprint density at radius 3 is 2.80 bits per heavy atom. The highest BCUT2D eigenvalue weighted by atomic mass is 19.3. The molecular weight excluding hydrogens is 273 g/mol. The Labute approximate surface area is 114 Å². The van der Waals surface area contributed by atoms with Gasteiger partial charge in [-0.1, -0.05) is 6.92 Å². The number of benzene rings is 1. The van der Waals surface area contributed by atoms with Crippen LogP contribution < -0.4 is 15.4 Å². The molecule has 1 aromatic carbocycles. The fraction of sp³-hybridized carbons (Fsp3) is 0.462. The Kier molecular flexibility index (Phi) is 4.49. The van der Waals surface area contributed by atoms with Gasteiger partial charge in [-0.15, -0.1) is 0 Å². The minimum absolute atomic E-state index is 0.196. The molecule has 7 heteroatoms. The van der Waals surface area contributed by atoms with Crippen LogP contribution in [0.3, 0.4) is 0 Å². The Morgan fingerprint density at radius 2 is 2.25 bits per heavy atom. The van der Waals surface area contributed by atoms with Crippen molar-refractivity contribution in [3.8, 4) is 5.75 Å². The zero-order chi connectivity index (χ0) is 14.7. The van der Waals surface area contributed by atoms with Crippen LogP contribution in [0.15, 0.2) is 18.2 Å². The van der Waals surface area contributed by atoms with E-state index in [4.69, 9.17) is 0 Å². The van der Waals surface area contributed by atoms with Gasteiger partial charge in [0.15, 0.2) is 11.6 Å². The summed E-state index contributed by atoms with van der Waals surface area (Å²) < 4.78 is 41.5. The van der Waals surface area contributed by atoms with Crippen LogP contribution >= 0.6 is 0 Å². The maximum absolute atomic E-state index is 13.5. The van der Waals surface area contributed by atoms with Crippen molar-refractivity contribution in [3.63, 3.8) is 0 Å². The van der Waals surface area contributed by atoms with Crippen LogP contribution in [0.2, 0.25) is 0 Å². The Bertz CT molecular complexity index is 497. The summed E-state index contributed by atoms with van der Waals surface area (Å²) in [5.74, 6) is -1.57. The topological polar surface area (TPSA) is 50.4 Å². The van der Waals surface area contributed by atoms with Crippen LogP contribution in [0.25, 0.3) is 0 Å². The molecule has 1 saturated heterocycles. The van der Waals surface area contributed by atoms with Crippen molar-refractivity contribution < 1.29 is 22.7 Å². The zero-order valence-electron chi connectivity index (χ0n) is 10.8. The van der Waals surface area contributed by atoms with E-state index in [0.717, 1.165) is 25.1 Å². The maximum atomic E-state index is 13.5. The van der Waals surface area contributed by atoms with Crippen molar-refractivity contribution in [2.24, 2.45) is 5.92 Å². The fourth-order valence-electron chi connectivity index (χ4n) is 2.18. The number of anilines is 1. The Hall–Kier alpha value is -1.76. The van der Waals surface area contributed by atoms with Crippen molar-refractivity contribution in [3.05, 3.63) is 24.0 Å². The first-order valence-electron chi connectivity index (χ1n) is 6.26. The highest BCUT2D eigenvalue weighted by Crippen LogP contribution is 2.23. The van der Waals surface area contributed by atoms with E-state index in [1.165, 1.54) is 6.07 Å². The van der Waals surface area contributed by atoms with Gasteiger partial charge in [0.1, 0.15) is 0 Å². The minimum atomic E-state index is -3.09. The number of hydrogen-bond acceptors (Lipinski definition) is 3. The quantitative estimate of drug-likeness (QED) is 0.894. The molecule has 0 aliphatic carbocycles. The molecule has 0 saturated carbocycles. The van der Waals surface area contributed by atoms with E-state index in [1.807, 2.05) is 6.92 Å². The molecule has 2 atom stereocenters. The second-order valence-electron chi connectivity index (χ2n) is 4.71. The molecule has 20 heavy (non-hydrogen) atoms. The van der Waals surface area contributed by atoms with E-state index < -0.39 is 18.2 Å². The van der Waals surface area contributed by atoms with Gasteiger partial charge in [0.2, 0.25) is 5.91 Å². The number of ether oxygens (including phenoxy) is 1. The van der Waals surface area contributed by atoms with Gasteiger partial charge in [-0.3, -0.25) is 4.79 Å². The van der Waals surface area contributed by atoms with Crippen LogP contribution in [-0.2, 0) is 4.79 Å². The van der Waals surface area contributed by atoms with E-state index >= 15 is 0 Å². The largest absolute Gasteiger partial charge is 0.432 e. The molecule has 0 spiro atoms. The predicted molar refractivity (Wildman–Crippen MR) is 67.2 cm³/mol. The van der Waals surface area contributed by atoms with Crippen molar-refractivity contribution >= 4 is 11.6 Å². The number of hydrogen-bond donors (Lipinski definition) is 2. The van der Waals surface area contributed by atoms with Crippen LogP contribution in [0.4, 0.5) is 18.9 Å². The second-order valence-corrected chi connectivity index (χ2v) is 4.71. The molecule has 2 rings (SSSR count). The summed E-state index contributed by atoms with van der Waals surface area (Å²) in [6.45, 7) is -0.382. The first kappa shape index (κ1) is 14.6. The van der Waals surface area contributed by atoms with E-state index in [0.29, 0.717) is 0 Å².